The first-order valence-electron chi connectivity index (χ1n) is 11.0. The summed E-state index contributed by atoms with van der Waals surface area (Å²) in [4.78, 5) is 36.5. The molecule has 172 valence electrons. The van der Waals surface area contributed by atoms with E-state index in [2.05, 4.69) is 34.3 Å². The van der Waals surface area contributed by atoms with E-state index in [9.17, 15) is 14.4 Å². The van der Waals surface area contributed by atoms with E-state index in [1.54, 1.807) is 12.1 Å². The Morgan fingerprint density at radius 2 is 1.62 bits per heavy atom. The van der Waals surface area contributed by atoms with E-state index in [-0.39, 0.29) is 5.70 Å². The molecule has 3 aromatic carbocycles. The third-order valence-electron chi connectivity index (χ3n) is 5.35. The molecule has 0 spiro atoms. The van der Waals surface area contributed by atoms with Gasteiger partial charge in [-0.05, 0) is 42.8 Å². The van der Waals surface area contributed by atoms with Crippen LogP contribution in [0.25, 0.3) is 27.9 Å². The molecule has 0 saturated carbocycles. The number of nitrogens with zero attached hydrogens (tertiary/aromatic N) is 1. The van der Waals surface area contributed by atoms with Crippen LogP contribution >= 0.6 is 0 Å². The Bertz CT molecular complexity index is 1400. The SMILES string of the molecule is CCn1c2ccccc2c2cc(NC(=O)COC(=O)/C(=C/c3ccccc3)NC(C)=O)ccc21. The van der Waals surface area contributed by atoms with Crippen LogP contribution in [0.4, 0.5) is 5.69 Å². The smallest absolute Gasteiger partial charge is 0.355 e. The Labute approximate surface area is 197 Å². The number of rotatable bonds is 7. The topological polar surface area (TPSA) is 89.4 Å². The van der Waals surface area contributed by atoms with Crippen molar-refractivity contribution in [2.45, 2.75) is 20.4 Å². The number of nitrogens with one attached hydrogen (secondary N) is 2. The molecule has 2 N–H and O–H groups in total. The number of aromatic nitrogens is 1. The Hall–Kier alpha value is -4.39. The number of esters is 1. The van der Waals surface area contributed by atoms with Gasteiger partial charge in [0.1, 0.15) is 5.70 Å². The van der Waals surface area contributed by atoms with Gasteiger partial charge in [-0.2, -0.15) is 0 Å². The number of para-hydroxylation sites is 1. The lowest BCUT2D eigenvalue weighted by molar-refractivity contribution is -0.144. The van der Waals surface area contributed by atoms with E-state index in [1.165, 1.54) is 13.0 Å². The van der Waals surface area contributed by atoms with Gasteiger partial charge in [0.25, 0.3) is 5.91 Å². The highest BCUT2D eigenvalue weighted by Crippen LogP contribution is 2.30. The molecule has 4 aromatic rings. The molecule has 0 bridgehead atoms. The highest BCUT2D eigenvalue weighted by atomic mass is 16.5. The maximum absolute atomic E-state index is 12.5. The summed E-state index contributed by atoms with van der Waals surface area (Å²) < 4.78 is 7.38. The molecule has 0 radical (unpaired) electrons. The van der Waals surface area contributed by atoms with Crippen molar-refractivity contribution in [3.63, 3.8) is 0 Å². The van der Waals surface area contributed by atoms with Crippen molar-refractivity contribution in [3.8, 4) is 0 Å². The summed E-state index contributed by atoms with van der Waals surface area (Å²) in [6.07, 6.45) is 1.50. The van der Waals surface area contributed by atoms with Gasteiger partial charge in [0.2, 0.25) is 5.91 Å². The van der Waals surface area contributed by atoms with Gasteiger partial charge in [0.15, 0.2) is 6.61 Å². The summed E-state index contributed by atoms with van der Waals surface area (Å²) in [7, 11) is 0. The zero-order valence-corrected chi connectivity index (χ0v) is 19.0. The van der Waals surface area contributed by atoms with Crippen LogP contribution in [0.1, 0.15) is 19.4 Å². The zero-order valence-electron chi connectivity index (χ0n) is 19.0. The van der Waals surface area contributed by atoms with Crippen LogP contribution in [0.3, 0.4) is 0 Å². The van der Waals surface area contributed by atoms with Crippen molar-refractivity contribution in [2.24, 2.45) is 0 Å². The van der Waals surface area contributed by atoms with E-state index < -0.39 is 24.4 Å². The normalized spacial score (nSPS) is 11.4. The second-order valence-corrected chi connectivity index (χ2v) is 7.77. The predicted molar refractivity (Wildman–Crippen MR) is 133 cm³/mol. The lowest BCUT2D eigenvalue weighted by Crippen LogP contribution is -2.28. The Morgan fingerprint density at radius 1 is 0.912 bits per heavy atom. The first-order valence-corrected chi connectivity index (χ1v) is 11.0. The zero-order chi connectivity index (χ0) is 24.1. The fourth-order valence-corrected chi connectivity index (χ4v) is 3.93. The number of hydrogen-bond acceptors (Lipinski definition) is 4. The van der Waals surface area contributed by atoms with Crippen LogP contribution in [0.5, 0.6) is 0 Å². The summed E-state index contributed by atoms with van der Waals surface area (Å²) in [5.74, 6) is -1.69. The number of benzene rings is 3. The minimum absolute atomic E-state index is 0.0414. The average molecular weight is 456 g/mol. The maximum Gasteiger partial charge on any atom is 0.355 e. The van der Waals surface area contributed by atoms with Crippen molar-refractivity contribution < 1.29 is 19.1 Å². The molecule has 0 unspecified atom stereocenters. The number of hydrogen-bond donors (Lipinski definition) is 2. The Kier molecular flexibility index (Phi) is 6.73. The van der Waals surface area contributed by atoms with Crippen LogP contribution in [0, 0.1) is 0 Å². The monoisotopic (exact) mass is 455 g/mol. The third kappa shape index (κ3) is 4.99. The van der Waals surface area contributed by atoms with Crippen molar-refractivity contribution >= 4 is 51.4 Å². The maximum atomic E-state index is 12.5. The van der Waals surface area contributed by atoms with E-state index >= 15 is 0 Å². The van der Waals surface area contributed by atoms with Crippen LogP contribution in [0.2, 0.25) is 0 Å². The van der Waals surface area contributed by atoms with Crippen LogP contribution in [-0.4, -0.2) is 29.0 Å². The predicted octanol–water partition coefficient (Wildman–Crippen LogP) is 4.47. The third-order valence-corrected chi connectivity index (χ3v) is 5.35. The first kappa shape index (κ1) is 22.8. The molecule has 7 nitrogen and oxygen atoms in total. The van der Waals surface area contributed by atoms with Gasteiger partial charge in [0.05, 0.1) is 0 Å². The quantitative estimate of drug-likeness (QED) is 0.318. The number of fused-ring (bicyclic) bond motifs is 3. The number of carbonyl (C=O) groups excluding carboxylic acids is 3. The number of anilines is 1. The molecule has 7 heteroatoms. The van der Waals surface area contributed by atoms with E-state index in [4.69, 9.17) is 4.74 Å². The molecule has 0 fully saturated rings. The molecule has 1 heterocycles. The summed E-state index contributed by atoms with van der Waals surface area (Å²) >= 11 is 0. The molecule has 4 rings (SSSR count). The molecule has 0 atom stereocenters. The standard InChI is InChI=1S/C27H25N3O4/c1-3-30-24-12-8-7-11-21(24)22-16-20(13-14-25(22)30)29-26(32)17-34-27(33)23(28-18(2)31)15-19-9-5-4-6-10-19/h4-16H,3,17H2,1-2H3,(H,28,31)(H,29,32)/b23-15-. The molecule has 0 aliphatic carbocycles. The molecular weight excluding hydrogens is 430 g/mol. The van der Waals surface area contributed by atoms with Gasteiger partial charge in [-0.25, -0.2) is 4.79 Å². The fraction of sp³-hybridized carbons (Fsp3) is 0.148. The lowest BCUT2D eigenvalue weighted by atomic mass is 10.1. The fourth-order valence-electron chi connectivity index (χ4n) is 3.93. The summed E-state index contributed by atoms with van der Waals surface area (Å²) in [6.45, 7) is 3.74. The number of ether oxygens (including phenoxy) is 1. The minimum Gasteiger partial charge on any atom is -0.451 e. The molecule has 0 saturated heterocycles. The summed E-state index contributed by atoms with van der Waals surface area (Å²) in [6, 6.07) is 22.9. The van der Waals surface area contributed by atoms with Crippen molar-refractivity contribution in [1.29, 1.82) is 0 Å². The highest BCUT2D eigenvalue weighted by molar-refractivity contribution is 6.10. The van der Waals surface area contributed by atoms with E-state index in [0.29, 0.717) is 11.3 Å². The first-order chi connectivity index (χ1) is 16.5. The number of carbonyl (C=O) groups is 3. The molecule has 34 heavy (non-hydrogen) atoms. The highest BCUT2D eigenvalue weighted by Gasteiger charge is 2.16. The van der Waals surface area contributed by atoms with Crippen molar-refractivity contribution in [1.82, 2.24) is 9.88 Å². The number of aryl methyl sites for hydroxylation is 1. The van der Waals surface area contributed by atoms with Gasteiger partial charge >= 0.3 is 5.97 Å². The van der Waals surface area contributed by atoms with Crippen LogP contribution in [-0.2, 0) is 25.7 Å². The molecule has 0 aliphatic rings. The van der Waals surface area contributed by atoms with Crippen molar-refractivity contribution in [3.05, 3.63) is 84.1 Å². The van der Waals surface area contributed by atoms with E-state index in [1.807, 2.05) is 48.5 Å². The molecule has 1 aromatic heterocycles. The largest absolute Gasteiger partial charge is 0.451 e. The molecule has 2 amide bonds. The van der Waals surface area contributed by atoms with Gasteiger partial charge in [-0.1, -0.05) is 48.5 Å². The summed E-state index contributed by atoms with van der Waals surface area (Å²) in [5, 5.41) is 7.38. The Morgan fingerprint density at radius 3 is 2.35 bits per heavy atom. The van der Waals surface area contributed by atoms with Gasteiger partial charge < -0.3 is 19.9 Å². The summed E-state index contributed by atoms with van der Waals surface area (Å²) in [5.41, 5.74) is 3.49. The second kappa shape index (κ2) is 10.0. The van der Waals surface area contributed by atoms with Crippen LogP contribution in [0.15, 0.2) is 78.5 Å². The molecular formula is C27H25N3O4. The van der Waals surface area contributed by atoms with Gasteiger partial charge in [-0.15, -0.1) is 0 Å². The van der Waals surface area contributed by atoms with Crippen LogP contribution < -0.4 is 10.6 Å². The second-order valence-electron chi connectivity index (χ2n) is 7.77. The number of amides is 2. The molecule has 0 aliphatic heterocycles. The Balaban J connectivity index is 1.47. The van der Waals surface area contributed by atoms with E-state index in [0.717, 1.165) is 28.4 Å². The van der Waals surface area contributed by atoms with Crippen molar-refractivity contribution in [2.75, 3.05) is 11.9 Å². The van der Waals surface area contributed by atoms with Gasteiger partial charge in [-0.3, -0.25) is 9.59 Å². The average Bonchev–Trinajstić information content (AvgIpc) is 3.15. The van der Waals surface area contributed by atoms with Gasteiger partial charge in [0, 0.05) is 41.0 Å². The minimum atomic E-state index is -0.796. The lowest BCUT2D eigenvalue weighted by Gasteiger charge is -2.10.